The van der Waals surface area contributed by atoms with E-state index in [1.54, 1.807) is 6.92 Å². The van der Waals surface area contributed by atoms with Crippen LogP contribution in [0.2, 0.25) is 0 Å². The van der Waals surface area contributed by atoms with Crippen LogP contribution >= 0.6 is 0 Å². The van der Waals surface area contributed by atoms with Gasteiger partial charge in [-0.25, -0.2) is 0 Å². The first-order chi connectivity index (χ1) is 9.75. The average molecular weight is 274 g/mol. The maximum atomic E-state index is 11.5. The van der Waals surface area contributed by atoms with Crippen molar-refractivity contribution in [2.24, 2.45) is 0 Å². The number of hydrogen-bond acceptors (Lipinski definition) is 1. The van der Waals surface area contributed by atoms with Crippen molar-refractivity contribution in [1.29, 1.82) is 0 Å². The van der Waals surface area contributed by atoms with E-state index in [0.29, 0.717) is 0 Å². The molecule has 0 fully saturated rings. The predicted octanol–water partition coefficient (Wildman–Crippen LogP) is 5.96. The van der Waals surface area contributed by atoms with Gasteiger partial charge in [-0.2, -0.15) is 0 Å². The molecular formula is C19H30O. The Hall–Kier alpha value is -1.11. The minimum absolute atomic E-state index is 0.191. The van der Waals surface area contributed by atoms with Gasteiger partial charge in [-0.3, -0.25) is 4.79 Å². The number of carbonyl (C=O) groups excluding carboxylic acids is 1. The second-order valence-corrected chi connectivity index (χ2v) is 5.79. The van der Waals surface area contributed by atoms with E-state index >= 15 is 0 Å². The molecule has 1 heteroatoms. The van der Waals surface area contributed by atoms with E-state index in [1.807, 2.05) is 18.2 Å². The fourth-order valence-electron chi connectivity index (χ4n) is 2.71. The summed E-state index contributed by atoms with van der Waals surface area (Å²) in [6, 6.07) is 8.04. The van der Waals surface area contributed by atoms with Crippen LogP contribution in [0.4, 0.5) is 0 Å². The van der Waals surface area contributed by atoms with Gasteiger partial charge in [-0.1, -0.05) is 82.6 Å². The van der Waals surface area contributed by atoms with Gasteiger partial charge in [0.05, 0.1) is 0 Å². The summed E-state index contributed by atoms with van der Waals surface area (Å²) in [6.07, 6.45) is 13.2. The summed E-state index contributed by atoms with van der Waals surface area (Å²) in [5.41, 5.74) is 2.13. The molecule has 0 spiro atoms. The lowest BCUT2D eigenvalue weighted by molar-refractivity contribution is 0.101. The van der Waals surface area contributed by atoms with Crippen LogP contribution in [-0.2, 0) is 6.42 Å². The molecule has 0 aromatic heterocycles. The van der Waals surface area contributed by atoms with Gasteiger partial charge in [-0.15, -0.1) is 0 Å². The molecule has 0 aliphatic carbocycles. The maximum Gasteiger partial charge on any atom is 0.160 e. The smallest absolute Gasteiger partial charge is 0.160 e. The lowest BCUT2D eigenvalue weighted by Gasteiger charge is -2.06. The first-order valence-corrected chi connectivity index (χ1v) is 8.34. The van der Waals surface area contributed by atoms with Crippen LogP contribution in [0.5, 0.6) is 0 Å². The summed E-state index contributed by atoms with van der Waals surface area (Å²) in [6.45, 7) is 3.92. The lowest BCUT2D eigenvalue weighted by Crippen LogP contribution is -1.99. The molecule has 20 heavy (non-hydrogen) atoms. The largest absolute Gasteiger partial charge is 0.295 e. The number of hydrogen-bond donors (Lipinski definition) is 0. The van der Waals surface area contributed by atoms with Crippen molar-refractivity contribution in [2.75, 3.05) is 0 Å². The van der Waals surface area contributed by atoms with Crippen molar-refractivity contribution in [2.45, 2.75) is 78.1 Å². The molecular weight excluding hydrogens is 244 g/mol. The van der Waals surface area contributed by atoms with Crippen molar-refractivity contribution < 1.29 is 4.79 Å². The molecule has 112 valence electrons. The topological polar surface area (TPSA) is 17.1 Å². The Morgan fingerprint density at radius 1 is 0.850 bits per heavy atom. The van der Waals surface area contributed by atoms with Crippen LogP contribution in [-0.4, -0.2) is 5.78 Å². The number of aryl methyl sites for hydroxylation is 1. The van der Waals surface area contributed by atoms with Gasteiger partial charge >= 0.3 is 0 Å². The molecule has 0 heterocycles. The molecule has 0 aliphatic rings. The Morgan fingerprint density at radius 2 is 1.40 bits per heavy atom. The summed E-state index contributed by atoms with van der Waals surface area (Å²) < 4.78 is 0. The molecule has 0 aliphatic heterocycles. The van der Waals surface area contributed by atoms with Crippen molar-refractivity contribution in [3.63, 3.8) is 0 Å². The highest BCUT2D eigenvalue weighted by Crippen LogP contribution is 2.15. The fraction of sp³-hybridized carbons (Fsp3) is 0.632. The third kappa shape index (κ3) is 6.88. The number of unbranched alkanes of at least 4 members (excludes halogenated alkanes) is 8. The first-order valence-electron chi connectivity index (χ1n) is 8.34. The number of benzene rings is 1. The Bertz CT molecular complexity index is 381. The summed E-state index contributed by atoms with van der Waals surface area (Å²) in [5, 5.41) is 0. The van der Waals surface area contributed by atoms with Crippen LogP contribution < -0.4 is 0 Å². The molecule has 0 bridgehead atoms. The number of Topliss-reactive ketones (excluding diaryl/α,β-unsaturated/α-hetero) is 1. The monoisotopic (exact) mass is 274 g/mol. The summed E-state index contributed by atoms with van der Waals surface area (Å²) in [5.74, 6) is 0.191. The van der Waals surface area contributed by atoms with Crippen molar-refractivity contribution in [1.82, 2.24) is 0 Å². The van der Waals surface area contributed by atoms with Crippen LogP contribution in [0.15, 0.2) is 24.3 Å². The molecule has 1 rings (SSSR count). The third-order valence-corrected chi connectivity index (χ3v) is 3.95. The molecule has 0 unspecified atom stereocenters. The number of rotatable bonds is 11. The number of carbonyl (C=O) groups is 1. The maximum absolute atomic E-state index is 11.5. The summed E-state index contributed by atoms with van der Waals surface area (Å²) in [4.78, 5) is 11.5. The zero-order chi connectivity index (χ0) is 14.6. The zero-order valence-corrected chi connectivity index (χ0v) is 13.3. The lowest BCUT2D eigenvalue weighted by atomic mass is 9.98. The molecule has 0 atom stereocenters. The van der Waals surface area contributed by atoms with E-state index in [9.17, 15) is 4.79 Å². The van der Waals surface area contributed by atoms with E-state index in [1.165, 1.54) is 63.4 Å². The van der Waals surface area contributed by atoms with Crippen LogP contribution in [0, 0.1) is 0 Å². The van der Waals surface area contributed by atoms with E-state index in [0.717, 1.165) is 12.0 Å². The van der Waals surface area contributed by atoms with Crippen molar-refractivity contribution >= 4 is 5.78 Å². The number of ketones is 1. The molecule has 0 N–H and O–H groups in total. The van der Waals surface area contributed by atoms with Gasteiger partial charge in [0.1, 0.15) is 0 Å². The average Bonchev–Trinajstić information content (AvgIpc) is 2.46. The Morgan fingerprint density at radius 3 is 2.00 bits per heavy atom. The molecule has 0 saturated heterocycles. The van der Waals surface area contributed by atoms with Gasteiger partial charge in [0, 0.05) is 5.56 Å². The molecule has 1 aromatic rings. The zero-order valence-electron chi connectivity index (χ0n) is 13.3. The standard InChI is InChI=1S/C19H30O/c1-3-4-5-6-7-8-9-10-11-14-18-15-12-13-16-19(18)17(2)20/h12-13,15-16H,3-11,14H2,1-2H3. The second-order valence-electron chi connectivity index (χ2n) is 5.79. The van der Waals surface area contributed by atoms with Gasteiger partial charge < -0.3 is 0 Å². The Balaban J connectivity index is 2.11. The predicted molar refractivity (Wildman–Crippen MR) is 87.4 cm³/mol. The molecule has 0 saturated carbocycles. The van der Waals surface area contributed by atoms with E-state index in [4.69, 9.17) is 0 Å². The van der Waals surface area contributed by atoms with E-state index in [2.05, 4.69) is 13.0 Å². The van der Waals surface area contributed by atoms with Gasteiger partial charge in [-0.05, 0) is 25.3 Å². The molecule has 0 radical (unpaired) electrons. The highest BCUT2D eigenvalue weighted by atomic mass is 16.1. The summed E-state index contributed by atoms with van der Waals surface area (Å²) in [7, 11) is 0. The minimum atomic E-state index is 0.191. The van der Waals surface area contributed by atoms with Crippen molar-refractivity contribution in [3.05, 3.63) is 35.4 Å². The SMILES string of the molecule is CCCCCCCCCCCc1ccccc1C(C)=O. The van der Waals surface area contributed by atoms with Crippen LogP contribution in [0.1, 0.15) is 87.6 Å². The normalized spacial score (nSPS) is 10.7. The first kappa shape index (κ1) is 16.9. The fourth-order valence-corrected chi connectivity index (χ4v) is 2.71. The minimum Gasteiger partial charge on any atom is -0.295 e. The van der Waals surface area contributed by atoms with Gasteiger partial charge in [0.15, 0.2) is 5.78 Å². The van der Waals surface area contributed by atoms with Crippen LogP contribution in [0.3, 0.4) is 0 Å². The molecule has 1 nitrogen and oxygen atoms in total. The Labute approximate surface area is 124 Å². The molecule has 0 amide bonds. The third-order valence-electron chi connectivity index (χ3n) is 3.95. The quantitative estimate of drug-likeness (QED) is 0.359. The highest BCUT2D eigenvalue weighted by molar-refractivity contribution is 5.95. The van der Waals surface area contributed by atoms with E-state index in [-0.39, 0.29) is 5.78 Å². The van der Waals surface area contributed by atoms with Gasteiger partial charge in [0.2, 0.25) is 0 Å². The highest BCUT2D eigenvalue weighted by Gasteiger charge is 2.05. The Kier molecular flexibility index (Phi) is 9.02. The summed E-state index contributed by atoms with van der Waals surface area (Å²) >= 11 is 0. The van der Waals surface area contributed by atoms with E-state index < -0.39 is 0 Å². The van der Waals surface area contributed by atoms with Crippen molar-refractivity contribution in [3.8, 4) is 0 Å². The second kappa shape index (κ2) is 10.7. The van der Waals surface area contributed by atoms with Crippen LogP contribution in [0.25, 0.3) is 0 Å². The van der Waals surface area contributed by atoms with Gasteiger partial charge in [0.25, 0.3) is 0 Å². The molecule has 1 aromatic carbocycles.